The van der Waals surface area contributed by atoms with E-state index in [-0.39, 0.29) is 12.6 Å². The quantitative estimate of drug-likeness (QED) is 0.0497. The lowest BCUT2D eigenvalue weighted by atomic mass is 10.4. The summed E-state index contributed by atoms with van der Waals surface area (Å²) in [6.45, 7) is 14.3. The lowest BCUT2D eigenvalue weighted by Crippen LogP contribution is -2.43. The molecule has 0 fully saturated rings. The molecule has 0 heterocycles. The number of carbonyl (C=O) groups excluding carboxylic acids is 3. The van der Waals surface area contributed by atoms with E-state index >= 15 is 0 Å². The maximum absolute atomic E-state index is 11.1. The van der Waals surface area contributed by atoms with Gasteiger partial charge in [0.25, 0.3) is 0 Å². The minimum atomic E-state index is -2.63. The van der Waals surface area contributed by atoms with Crippen LogP contribution in [0.2, 0.25) is 18.1 Å². The van der Waals surface area contributed by atoms with Crippen molar-refractivity contribution in [2.75, 3.05) is 83.8 Å². The van der Waals surface area contributed by atoms with Gasteiger partial charge in [0.2, 0.25) is 0 Å². The summed E-state index contributed by atoms with van der Waals surface area (Å²) in [5.41, 5.74) is 0.767. The largest absolute Gasteiger partial charge is 0.503 e. The van der Waals surface area contributed by atoms with E-state index in [2.05, 4.69) is 19.7 Å². The molecule has 0 saturated heterocycles. The molecule has 46 heavy (non-hydrogen) atoms. The van der Waals surface area contributed by atoms with E-state index in [9.17, 15) is 14.4 Å². The SMILES string of the molecule is C=C(C)C(=O)OCCC[Si](OC)(OC)OC.C=C(C)C(=O)OCC[Si](OC)(OC)OC.C=CC(=O)OCCC[Si](OC)(OC)OC. The van der Waals surface area contributed by atoms with E-state index in [0.717, 1.165) is 6.08 Å². The summed E-state index contributed by atoms with van der Waals surface area (Å²) in [6, 6.07) is 1.65. The average molecular weight is 717 g/mol. The Kier molecular flexibility index (Phi) is 29.4. The second-order valence-corrected chi connectivity index (χ2v) is 18.3. The van der Waals surface area contributed by atoms with Gasteiger partial charge >= 0.3 is 44.3 Å². The second-order valence-electron chi connectivity index (χ2n) is 9.05. The standard InChI is InChI=1S/C10H20O5Si.2C9H18O5Si/c1-9(2)10(11)15-7-6-8-16(12-3,13-4)14-5;1-8(2)9(10)14-6-7-15(11-3,12-4)13-5;1-5-9(10)14-7-6-8-15(11-2,12-3)13-4/h1,6-8H2,2-5H3;1,6-7H2,2-5H3;5H,1,6-8H2,2-4H3. The van der Waals surface area contributed by atoms with Crippen LogP contribution in [0.1, 0.15) is 26.7 Å². The molecule has 0 N–H and O–H groups in total. The predicted molar refractivity (Wildman–Crippen MR) is 177 cm³/mol. The molecule has 18 heteroatoms. The highest BCUT2D eigenvalue weighted by Crippen LogP contribution is 2.16. The summed E-state index contributed by atoms with van der Waals surface area (Å²) in [4.78, 5) is 32.9. The molecular formula is C28H56O15Si3. The minimum Gasteiger partial charge on any atom is -0.463 e. The van der Waals surface area contributed by atoms with Gasteiger partial charge in [-0.1, -0.05) is 19.7 Å². The Bertz CT molecular complexity index is 863. The van der Waals surface area contributed by atoms with Crippen molar-refractivity contribution < 1.29 is 68.4 Å². The van der Waals surface area contributed by atoms with Gasteiger partial charge in [-0.15, -0.1) is 0 Å². The van der Waals surface area contributed by atoms with Crippen molar-refractivity contribution in [1.82, 2.24) is 0 Å². The normalized spacial score (nSPS) is 11.2. The maximum Gasteiger partial charge on any atom is 0.503 e. The Morgan fingerprint density at radius 3 is 1.07 bits per heavy atom. The van der Waals surface area contributed by atoms with E-state index in [1.165, 1.54) is 21.3 Å². The van der Waals surface area contributed by atoms with Crippen molar-refractivity contribution in [3.63, 3.8) is 0 Å². The van der Waals surface area contributed by atoms with Crippen molar-refractivity contribution in [2.24, 2.45) is 0 Å². The van der Waals surface area contributed by atoms with Crippen LogP contribution in [0, 0.1) is 0 Å². The third kappa shape index (κ3) is 20.9. The third-order valence-corrected chi connectivity index (χ3v) is 14.4. The zero-order valence-corrected chi connectivity index (χ0v) is 32.5. The first-order chi connectivity index (χ1) is 21.7. The Hall–Kier alpha value is -2.08. The lowest BCUT2D eigenvalue weighted by Gasteiger charge is -2.24. The molecule has 0 aliphatic heterocycles. The fraction of sp³-hybridized carbons (Fsp3) is 0.679. The Morgan fingerprint density at radius 1 is 0.500 bits per heavy atom. The Labute approximate surface area is 278 Å². The Morgan fingerprint density at radius 2 is 0.783 bits per heavy atom. The van der Waals surface area contributed by atoms with E-state index < -0.39 is 38.4 Å². The first kappa shape index (κ1) is 48.3. The van der Waals surface area contributed by atoms with Crippen LogP contribution in [0.25, 0.3) is 0 Å². The fourth-order valence-corrected chi connectivity index (χ4v) is 8.00. The molecule has 0 aliphatic carbocycles. The summed E-state index contributed by atoms with van der Waals surface area (Å²) >= 11 is 0. The van der Waals surface area contributed by atoms with Crippen LogP contribution < -0.4 is 0 Å². The number of esters is 3. The van der Waals surface area contributed by atoms with Gasteiger partial charge in [0, 0.05) is 93.3 Å². The van der Waals surface area contributed by atoms with Gasteiger partial charge in [0.15, 0.2) is 0 Å². The summed E-state index contributed by atoms with van der Waals surface area (Å²) < 4.78 is 61.5. The van der Waals surface area contributed by atoms with E-state index in [1.54, 1.807) is 56.5 Å². The lowest BCUT2D eigenvalue weighted by molar-refractivity contribution is -0.139. The van der Waals surface area contributed by atoms with Crippen LogP contribution in [0.5, 0.6) is 0 Å². The van der Waals surface area contributed by atoms with Crippen LogP contribution in [0.3, 0.4) is 0 Å². The molecule has 0 amide bonds. The first-order valence-corrected chi connectivity index (χ1v) is 19.9. The molecule has 0 unspecified atom stereocenters. The number of ether oxygens (including phenoxy) is 3. The topological polar surface area (TPSA) is 162 Å². The van der Waals surface area contributed by atoms with Crippen molar-refractivity contribution in [3.05, 3.63) is 37.0 Å². The van der Waals surface area contributed by atoms with Crippen LogP contribution >= 0.6 is 0 Å². The maximum atomic E-state index is 11.1. The monoisotopic (exact) mass is 716 g/mol. The van der Waals surface area contributed by atoms with Gasteiger partial charge in [0.05, 0.1) is 25.9 Å². The molecule has 0 bridgehead atoms. The summed E-state index contributed by atoms with van der Waals surface area (Å²) in [6.07, 6.45) is 2.41. The predicted octanol–water partition coefficient (Wildman–Crippen LogP) is 3.34. The van der Waals surface area contributed by atoms with Gasteiger partial charge < -0.3 is 54.0 Å². The van der Waals surface area contributed by atoms with Crippen molar-refractivity contribution in [3.8, 4) is 0 Å². The first-order valence-electron chi connectivity index (χ1n) is 14.1. The van der Waals surface area contributed by atoms with Crippen molar-refractivity contribution >= 4 is 44.3 Å². The average Bonchev–Trinajstić information content (AvgIpc) is 3.08. The molecule has 270 valence electrons. The summed E-state index contributed by atoms with van der Waals surface area (Å²) in [5.74, 6) is -1.21. The smallest absolute Gasteiger partial charge is 0.463 e. The molecular weight excluding hydrogens is 661 g/mol. The van der Waals surface area contributed by atoms with Gasteiger partial charge in [0.1, 0.15) is 0 Å². The molecule has 0 radical (unpaired) electrons. The number of hydrogen-bond acceptors (Lipinski definition) is 15. The molecule has 0 atom stereocenters. The minimum absolute atomic E-state index is 0.202. The van der Waals surface area contributed by atoms with Crippen molar-refractivity contribution in [2.45, 2.75) is 44.8 Å². The van der Waals surface area contributed by atoms with Gasteiger partial charge in [-0.25, -0.2) is 14.4 Å². The summed E-state index contributed by atoms with van der Waals surface area (Å²) in [7, 11) is 6.18. The zero-order chi connectivity index (χ0) is 36.2. The van der Waals surface area contributed by atoms with Gasteiger partial charge in [-0.3, -0.25) is 0 Å². The van der Waals surface area contributed by atoms with Crippen molar-refractivity contribution in [1.29, 1.82) is 0 Å². The highest BCUT2D eigenvalue weighted by atomic mass is 28.4. The highest BCUT2D eigenvalue weighted by molar-refractivity contribution is 6.61. The zero-order valence-electron chi connectivity index (χ0n) is 29.5. The van der Waals surface area contributed by atoms with E-state index in [4.69, 9.17) is 54.0 Å². The van der Waals surface area contributed by atoms with Crippen LogP contribution in [-0.4, -0.2) is 128 Å². The third-order valence-electron chi connectivity index (χ3n) is 6.04. The number of rotatable bonds is 23. The highest BCUT2D eigenvalue weighted by Gasteiger charge is 2.38. The molecule has 0 saturated carbocycles. The van der Waals surface area contributed by atoms with Crippen LogP contribution in [0.4, 0.5) is 0 Å². The molecule has 0 spiro atoms. The van der Waals surface area contributed by atoms with E-state index in [0.29, 0.717) is 55.3 Å². The number of carbonyl (C=O) groups is 3. The molecule has 0 aromatic carbocycles. The summed E-state index contributed by atoms with van der Waals surface area (Å²) in [5, 5.41) is 0. The fourth-order valence-electron chi connectivity index (χ4n) is 3.16. The second kappa shape index (κ2) is 28.0. The molecule has 0 aliphatic rings. The molecule has 0 aromatic heterocycles. The molecule has 0 aromatic rings. The van der Waals surface area contributed by atoms with Crippen LogP contribution in [0.15, 0.2) is 37.0 Å². The van der Waals surface area contributed by atoms with Crippen LogP contribution in [-0.2, 0) is 68.4 Å². The molecule has 15 nitrogen and oxygen atoms in total. The molecule has 0 rings (SSSR count). The van der Waals surface area contributed by atoms with E-state index in [1.807, 2.05) is 0 Å². The Balaban J connectivity index is -0.000000603. The number of hydrogen-bond donors (Lipinski definition) is 0. The van der Waals surface area contributed by atoms with Gasteiger partial charge in [-0.2, -0.15) is 0 Å². The van der Waals surface area contributed by atoms with Gasteiger partial charge in [-0.05, 0) is 26.7 Å².